The zero-order chi connectivity index (χ0) is 15.4. The van der Waals surface area contributed by atoms with E-state index in [-0.39, 0.29) is 17.2 Å². The molecule has 2 rings (SSSR count). The largest absolute Gasteiger partial charge is 0.422 e. The molecule has 21 heavy (non-hydrogen) atoms. The minimum absolute atomic E-state index is 0.184. The molecule has 4 nitrogen and oxygen atoms in total. The average Bonchev–Trinajstić information content (AvgIpc) is 2.47. The average molecular weight is 369 g/mol. The second-order valence-electron chi connectivity index (χ2n) is 4.12. The maximum atomic E-state index is 12.1. The van der Waals surface area contributed by atoms with Crippen LogP contribution < -0.4 is 10.1 Å². The summed E-state index contributed by atoms with van der Waals surface area (Å²) < 4.78 is 6.01. The Hall–Kier alpha value is -1.85. The summed E-state index contributed by atoms with van der Waals surface area (Å²) in [7, 11) is 1.51. The number of benzene rings is 2. The molecule has 2 aromatic carbocycles. The quantitative estimate of drug-likeness (QED) is 0.664. The second-order valence-corrected chi connectivity index (χ2v) is 5.47. The molecule has 0 unspecified atom stereocenters. The number of hydrogen-bond acceptors (Lipinski definition) is 3. The summed E-state index contributed by atoms with van der Waals surface area (Å²) in [5.41, 5.74) is 0.630. The molecule has 0 aliphatic heterocycles. The van der Waals surface area contributed by atoms with Crippen molar-refractivity contribution in [1.29, 1.82) is 0 Å². The molecule has 0 saturated carbocycles. The maximum Gasteiger partial charge on any atom is 0.343 e. The van der Waals surface area contributed by atoms with Crippen molar-refractivity contribution in [3.8, 4) is 5.75 Å². The van der Waals surface area contributed by atoms with Crippen molar-refractivity contribution in [2.45, 2.75) is 0 Å². The number of nitrogens with one attached hydrogen (secondary N) is 1. The van der Waals surface area contributed by atoms with Gasteiger partial charge in [-0.15, -0.1) is 0 Å². The topological polar surface area (TPSA) is 55.4 Å². The normalized spacial score (nSPS) is 10.0. The Morgan fingerprint density at radius 2 is 1.81 bits per heavy atom. The van der Waals surface area contributed by atoms with E-state index in [0.717, 1.165) is 0 Å². The Kier molecular flexibility index (Phi) is 4.98. The van der Waals surface area contributed by atoms with Crippen LogP contribution in [0.3, 0.4) is 0 Å². The van der Waals surface area contributed by atoms with Crippen molar-refractivity contribution >= 4 is 39.4 Å². The maximum absolute atomic E-state index is 12.1. The molecule has 1 amide bonds. The van der Waals surface area contributed by atoms with Crippen molar-refractivity contribution in [1.82, 2.24) is 5.32 Å². The van der Waals surface area contributed by atoms with Crippen LogP contribution in [0.15, 0.2) is 46.9 Å². The van der Waals surface area contributed by atoms with Crippen molar-refractivity contribution in [2.24, 2.45) is 0 Å². The molecule has 0 radical (unpaired) electrons. The van der Waals surface area contributed by atoms with E-state index in [1.54, 1.807) is 42.5 Å². The third kappa shape index (κ3) is 3.83. The summed E-state index contributed by atoms with van der Waals surface area (Å²) >= 11 is 9.05. The first-order valence-corrected chi connectivity index (χ1v) is 7.17. The summed E-state index contributed by atoms with van der Waals surface area (Å²) in [5.74, 6) is -0.708. The van der Waals surface area contributed by atoms with Gasteiger partial charge in [-0.1, -0.05) is 27.5 Å². The van der Waals surface area contributed by atoms with Crippen LogP contribution in [0.5, 0.6) is 5.75 Å². The van der Waals surface area contributed by atoms with Gasteiger partial charge in [0, 0.05) is 16.5 Å². The van der Waals surface area contributed by atoms with E-state index < -0.39 is 5.97 Å². The van der Waals surface area contributed by atoms with Crippen molar-refractivity contribution in [3.63, 3.8) is 0 Å². The van der Waals surface area contributed by atoms with E-state index in [4.69, 9.17) is 16.3 Å². The highest BCUT2D eigenvalue weighted by atomic mass is 79.9. The number of carbonyl (C=O) groups is 2. The first-order chi connectivity index (χ1) is 10.0. The molecule has 0 bridgehead atoms. The molecule has 0 aliphatic rings. The Morgan fingerprint density at radius 1 is 1.14 bits per heavy atom. The molecule has 0 heterocycles. The van der Waals surface area contributed by atoms with Crippen LogP contribution in [0, 0.1) is 0 Å². The summed E-state index contributed by atoms with van der Waals surface area (Å²) in [6.07, 6.45) is 0. The van der Waals surface area contributed by atoms with Gasteiger partial charge >= 0.3 is 5.97 Å². The van der Waals surface area contributed by atoms with Gasteiger partial charge in [0.05, 0.1) is 11.1 Å². The van der Waals surface area contributed by atoms with Gasteiger partial charge in [-0.05, 0) is 42.5 Å². The number of hydrogen-bond donors (Lipinski definition) is 1. The van der Waals surface area contributed by atoms with Gasteiger partial charge in [0.15, 0.2) is 0 Å². The first-order valence-electron chi connectivity index (χ1n) is 6.00. The van der Waals surface area contributed by atoms with Crippen molar-refractivity contribution in [2.75, 3.05) is 7.05 Å². The Balaban J connectivity index is 2.30. The number of carbonyl (C=O) groups excluding carboxylic acids is 2. The van der Waals surface area contributed by atoms with E-state index in [0.29, 0.717) is 15.1 Å². The number of halogens is 2. The Morgan fingerprint density at radius 3 is 2.43 bits per heavy atom. The molecule has 0 saturated heterocycles. The van der Waals surface area contributed by atoms with E-state index in [1.165, 1.54) is 7.05 Å². The first kappa shape index (κ1) is 15.5. The van der Waals surface area contributed by atoms with Crippen LogP contribution in [-0.4, -0.2) is 18.9 Å². The lowest BCUT2D eigenvalue weighted by molar-refractivity contribution is 0.0732. The molecule has 0 atom stereocenters. The van der Waals surface area contributed by atoms with Crippen LogP contribution in [0.2, 0.25) is 5.02 Å². The van der Waals surface area contributed by atoms with Gasteiger partial charge in [0.25, 0.3) is 5.91 Å². The number of esters is 1. The molecular formula is C15H11BrClNO3. The van der Waals surface area contributed by atoms with Gasteiger partial charge in [-0.2, -0.15) is 0 Å². The minimum atomic E-state index is -0.560. The fraction of sp³-hybridized carbons (Fsp3) is 0.0667. The van der Waals surface area contributed by atoms with Crippen molar-refractivity contribution in [3.05, 3.63) is 63.1 Å². The van der Waals surface area contributed by atoms with Gasteiger partial charge in [-0.3, -0.25) is 4.79 Å². The molecule has 0 aliphatic carbocycles. The number of rotatable bonds is 3. The molecule has 1 N–H and O–H groups in total. The molecule has 108 valence electrons. The lowest BCUT2D eigenvalue weighted by Gasteiger charge is -2.10. The summed E-state index contributed by atoms with van der Waals surface area (Å²) in [6.45, 7) is 0. The van der Waals surface area contributed by atoms with Gasteiger partial charge in [-0.25, -0.2) is 4.79 Å². The third-order valence-electron chi connectivity index (χ3n) is 2.70. The van der Waals surface area contributed by atoms with E-state index in [9.17, 15) is 9.59 Å². The van der Waals surface area contributed by atoms with Crippen LogP contribution in [0.25, 0.3) is 0 Å². The lowest BCUT2D eigenvalue weighted by Crippen LogP contribution is -2.20. The molecular weight excluding hydrogens is 358 g/mol. The second kappa shape index (κ2) is 6.74. The molecule has 6 heteroatoms. The Bertz CT molecular complexity index is 686. The summed E-state index contributed by atoms with van der Waals surface area (Å²) in [6, 6.07) is 11.2. The summed E-state index contributed by atoms with van der Waals surface area (Å²) in [5, 5.41) is 3.03. The highest BCUT2D eigenvalue weighted by Crippen LogP contribution is 2.25. The third-order valence-corrected chi connectivity index (χ3v) is 3.44. The van der Waals surface area contributed by atoms with Gasteiger partial charge < -0.3 is 10.1 Å². The fourth-order valence-corrected chi connectivity index (χ4v) is 2.11. The predicted octanol–water partition coefficient (Wildman–Crippen LogP) is 3.68. The van der Waals surface area contributed by atoms with E-state index in [2.05, 4.69) is 21.2 Å². The van der Waals surface area contributed by atoms with Crippen LogP contribution in [-0.2, 0) is 0 Å². The smallest absolute Gasteiger partial charge is 0.343 e. The lowest BCUT2D eigenvalue weighted by atomic mass is 10.2. The van der Waals surface area contributed by atoms with Crippen LogP contribution in [0.4, 0.5) is 0 Å². The zero-order valence-corrected chi connectivity index (χ0v) is 13.4. The monoisotopic (exact) mass is 367 g/mol. The highest BCUT2D eigenvalue weighted by molar-refractivity contribution is 9.10. The van der Waals surface area contributed by atoms with Gasteiger partial charge in [0.2, 0.25) is 0 Å². The predicted molar refractivity (Wildman–Crippen MR) is 83.9 cm³/mol. The molecule has 0 spiro atoms. The molecule has 0 fully saturated rings. The van der Waals surface area contributed by atoms with E-state index in [1.807, 2.05) is 0 Å². The number of amides is 1. The number of ether oxygens (including phenoxy) is 1. The zero-order valence-electron chi connectivity index (χ0n) is 11.0. The van der Waals surface area contributed by atoms with Crippen LogP contribution in [0.1, 0.15) is 20.7 Å². The molecule has 0 aromatic heterocycles. The minimum Gasteiger partial charge on any atom is -0.422 e. The van der Waals surface area contributed by atoms with E-state index >= 15 is 0 Å². The molecule has 2 aromatic rings. The van der Waals surface area contributed by atoms with Gasteiger partial charge in [0.1, 0.15) is 5.75 Å². The standard InChI is InChI=1S/C15H11BrClNO3/c1-18-14(19)12-7-4-10(16)8-13(12)21-15(20)9-2-5-11(17)6-3-9/h2-8H,1H3,(H,18,19). The summed E-state index contributed by atoms with van der Waals surface area (Å²) in [4.78, 5) is 23.9. The fourth-order valence-electron chi connectivity index (χ4n) is 1.65. The SMILES string of the molecule is CNC(=O)c1ccc(Br)cc1OC(=O)c1ccc(Cl)cc1. The Labute approximate surface area is 135 Å². The van der Waals surface area contributed by atoms with Crippen molar-refractivity contribution < 1.29 is 14.3 Å². The highest BCUT2D eigenvalue weighted by Gasteiger charge is 2.16. The van der Waals surface area contributed by atoms with Crippen LogP contribution >= 0.6 is 27.5 Å².